The lowest BCUT2D eigenvalue weighted by Gasteiger charge is -2.06. The summed E-state index contributed by atoms with van der Waals surface area (Å²) in [5.41, 5.74) is 0.0838. The van der Waals surface area contributed by atoms with Gasteiger partial charge in [-0.1, -0.05) is 41.2 Å². The number of nitrogens with zero attached hydrogens (tertiary/aromatic N) is 4. The molecule has 0 amide bonds. The molecule has 2 aromatic heterocycles. The first-order chi connectivity index (χ1) is 14.4. The molecule has 0 radical (unpaired) electrons. The smallest absolute Gasteiger partial charge is 0.416 e. The van der Waals surface area contributed by atoms with Crippen molar-refractivity contribution in [1.29, 1.82) is 0 Å². The summed E-state index contributed by atoms with van der Waals surface area (Å²) in [6.45, 7) is 0. The maximum atomic E-state index is 12.9. The highest BCUT2D eigenvalue weighted by Gasteiger charge is 2.30. The van der Waals surface area contributed by atoms with E-state index < -0.39 is 11.7 Å². The number of ether oxygens (including phenoxy) is 1. The quantitative estimate of drug-likeness (QED) is 0.387. The van der Waals surface area contributed by atoms with E-state index in [1.165, 1.54) is 12.1 Å². The van der Waals surface area contributed by atoms with Crippen LogP contribution < -0.4 is 4.74 Å². The predicted octanol–water partition coefficient (Wildman–Crippen LogP) is 5.11. The second-order valence-corrected chi connectivity index (χ2v) is 6.88. The Hall–Kier alpha value is -3.34. The number of hydrogen-bond acceptors (Lipinski definition) is 8. The summed E-state index contributed by atoms with van der Waals surface area (Å²) < 4.78 is 54.6. The van der Waals surface area contributed by atoms with E-state index in [4.69, 9.17) is 13.7 Å². The lowest BCUT2D eigenvalue weighted by Crippen LogP contribution is -2.04. The van der Waals surface area contributed by atoms with Crippen molar-refractivity contribution in [2.24, 2.45) is 0 Å². The SMILES string of the molecule is COc1ccccc1-c1nnc(SCc2nc(-c3cccc(C(F)(F)F)c3)no2)o1. The number of rotatable bonds is 6. The van der Waals surface area contributed by atoms with Crippen molar-refractivity contribution < 1.29 is 26.8 Å². The normalized spacial score (nSPS) is 11.6. The van der Waals surface area contributed by atoms with Crippen molar-refractivity contribution in [3.63, 3.8) is 0 Å². The maximum absolute atomic E-state index is 12.9. The van der Waals surface area contributed by atoms with Crippen molar-refractivity contribution in [1.82, 2.24) is 20.3 Å². The minimum Gasteiger partial charge on any atom is -0.496 e. The molecule has 0 fully saturated rings. The van der Waals surface area contributed by atoms with E-state index in [1.54, 1.807) is 19.2 Å². The number of methoxy groups -OCH3 is 1. The van der Waals surface area contributed by atoms with E-state index in [0.29, 0.717) is 17.2 Å². The van der Waals surface area contributed by atoms with Crippen LogP contribution in [-0.4, -0.2) is 27.4 Å². The molecule has 0 unspecified atom stereocenters. The second-order valence-electron chi connectivity index (χ2n) is 5.95. The summed E-state index contributed by atoms with van der Waals surface area (Å²) in [6.07, 6.45) is -4.45. The van der Waals surface area contributed by atoms with Gasteiger partial charge in [-0.15, -0.1) is 10.2 Å². The van der Waals surface area contributed by atoms with Gasteiger partial charge in [-0.3, -0.25) is 0 Å². The van der Waals surface area contributed by atoms with Crippen LogP contribution in [0, 0.1) is 0 Å². The fourth-order valence-corrected chi connectivity index (χ4v) is 3.19. The molecule has 0 N–H and O–H groups in total. The van der Waals surface area contributed by atoms with Crippen LogP contribution in [0.2, 0.25) is 0 Å². The Morgan fingerprint density at radius 2 is 1.90 bits per heavy atom. The van der Waals surface area contributed by atoms with Crippen molar-refractivity contribution in [2.45, 2.75) is 17.2 Å². The predicted molar refractivity (Wildman–Crippen MR) is 101 cm³/mol. The van der Waals surface area contributed by atoms with Gasteiger partial charge in [0.2, 0.25) is 11.7 Å². The molecular formula is C19H13F3N4O3S. The van der Waals surface area contributed by atoms with Gasteiger partial charge in [-0.25, -0.2) is 0 Å². The number of benzene rings is 2. The molecule has 0 spiro atoms. The van der Waals surface area contributed by atoms with Gasteiger partial charge in [-0.05, 0) is 24.3 Å². The number of aromatic nitrogens is 4. The molecular weight excluding hydrogens is 421 g/mol. The number of thioether (sulfide) groups is 1. The Balaban J connectivity index is 1.45. The monoisotopic (exact) mass is 434 g/mol. The molecule has 154 valence electrons. The van der Waals surface area contributed by atoms with E-state index >= 15 is 0 Å². The third-order valence-electron chi connectivity index (χ3n) is 3.98. The zero-order valence-corrected chi connectivity index (χ0v) is 16.2. The van der Waals surface area contributed by atoms with Gasteiger partial charge in [-0.2, -0.15) is 18.2 Å². The molecule has 2 aromatic carbocycles. The number of hydrogen-bond donors (Lipinski definition) is 0. The van der Waals surface area contributed by atoms with Crippen LogP contribution in [0.25, 0.3) is 22.8 Å². The Morgan fingerprint density at radius 1 is 1.07 bits per heavy atom. The average molecular weight is 434 g/mol. The Morgan fingerprint density at radius 3 is 2.70 bits per heavy atom. The molecule has 4 aromatic rings. The van der Waals surface area contributed by atoms with Gasteiger partial charge in [0, 0.05) is 5.56 Å². The lowest BCUT2D eigenvalue weighted by atomic mass is 10.1. The third-order valence-corrected chi connectivity index (χ3v) is 4.78. The molecule has 2 heterocycles. The molecule has 0 aliphatic heterocycles. The zero-order valence-electron chi connectivity index (χ0n) is 15.4. The summed E-state index contributed by atoms with van der Waals surface area (Å²) >= 11 is 1.16. The van der Waals surface area contributed by atoms with Crippen LogP contribution in [0.15, 0.2) is 62.7 Å². The van der Waals surface area contributed by atoms with Crippen LogP contribution >= 0.6 is 11.8 Å². The van der Waals surface area contributed by atoms with Crippen LogP contribution in [-0.2, 0) is 11.9 Å². The highest BCUT2D eigenvalue weighted by Crippen LogP contribution is 2.33. The van der Waals surface area contributed by atoms with Gasteiger partial charge < -0.3 is 13.7 Å². The van der Waals surface area contributed by atoms with Crippen molar-refractivity contribution in [3.8, 4) is 28.6 Å². The third kappa shape index (κ3) is 4.30. The molecule has 0 saturated heterocycles. The summed E-state index contributed by atoms with van der Waals surface area (Å²) in [6, 6.07) is 11.9. The van der Waals surface area contributed by atoms with Crippen LogP contribution in [0.3, 0.4) is 0 Å². The Labute approximate surface area is 172 Å². The van der Waals surface area contributed by atoms with Gasteiger partial charge in [0.05, 0.1) is 24.0 Å². The van der Waals surface area contributed by atoms with Crippen molar-refractivity contribution >= 4 is 11.8 Å². The molecule has 7 nitrogen and oxygen atoms in total. The van der Waals surface area contributed by atoms with Gasteiger partial charge in [0.15, 0.2) is 0 Å². The topological polar surface area (TPSA) is 87.1 Å². The van der Waals surface area contributed by atoms with Gasteiger partial charge >= 0.3 is 6.18 Å². The molecule has 0 saturated carbocycles. The van der Waals surface area contributed by atoms with Crippen LogP contribution in [0.5, 0.6) is 5.75 Å². The number of para-hydroxylation sites is 1. The molecule has 0 aliphatic rings. The highest BCUT2D eigenvalue weighted by atomic mass is 32.2. The van der Waals surface area contributed by atoms with Crippen LogP contribution in [0.1, 0.15) is 11.5 Å². The maximum Gasteiger partial charge on any atom is 0.416 e. The number of alkyl halides is 3. The average Bonchev–Trinajstić information content (AvgIpc) is 3.41. The molecule has 0 bridgehead atoms. The zero-order chi connectivity index (χ0) is 21.1. The molecule has 0 aliphatic carbocycles. The van der Waals surface area contributed by atoms with Crippen molar-refractivity contribution in [2.75, 3.05) is 7.11 Å². The number of halogens is 3. The molecule has 11 heteroatoms. The fourth-order valence-electron chi connectivity index (χ4n) is 2.59. The summed E-state index contributed by atoms with van der Waals surface area (Å²) in [7, 11) is 1.54. The Bertz CT molecular complexity index is 1160. The van der Waals surface area contributed by atoms with E-state index in [2.05, 4.69) is 20.3 Å². The van der Waals surface area contributed by atoms with Crippen LogP contribution in [0.4, 0.5) is 13.2 Å². The van der Waals surface area contributed by atoms with E-state index in [9.17, 15) is 13.2 Å². The summed E-state index contributed by atoms with van der Waals surface area (Å²) in [5.74, 6) is 1.38. The highest BCUT2D eigenvalue weighted by molar-refractivity contribution is 7.98. The first-order valence-corrected chi connectivity index (χ1v) is 9.52. The molecule has 30 heavy (non-hydrogen) atoms. The first kappa shape index (κ1) is 20.0. The summed E-state index contributed by atoms with van der Waals surface area (Å²) in [5, 5.41) is 12.0. The molecule has 0 atom stereocenters. The first-order valence-electron chi connectivity index (χ1n) is 8.54. The summed E-state index contributed by atoms with van der Waals surface area (Å²) in [4.78, 5) is 4.14. The fraction of sp³-hybridized carbons (Fsp3) is 0.158. The second kappa shape index (κ2) is 8.19. The minimum atomic E-state index is -4.45. The Kier molecular flexibility index (Phi) is 5.44. The largest absolute Gasteiger partial charge is 0.496 e. The standard InChI is InChI=1S/C19H13F3N4O3S/c1-27-14-8-3-2-7-13(14)17-24-25-18(28-17)30-10-15-23-16(26-29-15)11-5-4-6-12(9-11)19(20,21)22/h2-9H,10H2,1H3. The van der Waals surface area contributed by atoms with E-state index in [0.717, 1.165) is 23.9 Å². The lowest BCUT2D eigenvalue weighted by molar-refractivity contribution is -0.137. The molecule has 4 rings (SSSR count). The van der Waals surface area contributed by atoms with Gasteiger partial charge in [0.25, 0.3) is 11.1 Å². The van der Waals surface area contributed by atoms with Gasteiger partial charge in [0.1, 0.15) is 5.75 Å². The van der Waals surface area contributed by atoms with E-state index in [-0.39, 0.29) is 28.3 Å². The minimum absolute atomic E-state index is 0.0666. The van der Waals surface area contributed by atoms with E-state index in [1.807, 2.05) is 12.1 Å². The van der Waals surface area contributed by atoms with Crippen molar-refractivity contribution in [3.05, 3.63) is 60.0 Å².